The van der Waals surface area contributed by atoms with Crippen molar-refractivity contribution in [3.63, 3.8) is 0 Å². The third kappa shape index (κ3) is 13.8. The molecule has 0 saturated carbocycles. The number of nitrogens with two attached hydrogens (primary N) is 2. The average molecular weight is 515 g/mol. The smallest absolute Gasteiger partial charge is 0.416 e. The number of nitrogens with zero attached hydrogens (tertiary/aromatic N) is 2. The van der Waals surface area contributed by atoms with Crippen molar-refractivity contribution in [2.24, 2.45) is 0 Å². The van der Waals surface area contributed by atoms with Crippen molar-refractivity contribution < 1.29 is 23.9 Å². The third-order valence-electron chi connectivity index (χ3n) is 4.77. The standard InChI is InChI=1S/C14H20N2O3.C14H22N2O2/c1-14(2,3)19-13(18)16(10-17)8-7-11-5-4-6-12(15)9-11;1-14(2,3)18-13(17)16(4)10-9-11-5-7-12(15)8-6-11/h4-6,9-10H,7-8,15H2,1-3H3;5-8H,9-10,15H2,1-4H3. The van der Waals surface area contributed by atoms with E-state index in [0.29, 0.717) is 25.1 Å². The molecule has 4 N–H and O–H groups in total. The monoisotopic (exact) mass is 514 g/mol. The van der Waals surface area contributed by atoms with Crippen molar-refractivity contribution in [1.82, 2.24) is 9.80 Å². The van der Waals surface area contributed by atoms with Crippen molar-refractivity contribution in [3.05, 3.63) is 59.7 Å². The summed E-state index contributed by atoms with van der Waals surface area (Å²) in [7, 11) is 1.74. The molecule has 37 heavy (non-hydrogen) atoms. The van der Waals surface area contributed by atoms with Crippen LogP contribution in [0.1, 0.15) is 52.7 Å². The Kier molecular flexibility index (Phi) is 11.9. The number of carbonyl (C=O) groups excluding carboxylic acids is 3. The van der Waals surface area contributed by atoms with Gasteiger partial charge in [-0.1, -0.05) is 24.3 Å². The lowest BCUT2D eigenvalue weighted by Gasteiger charge is -2.24. The number of carbonyl (C=O) groups is 3. The van der Waals surface area contributed by atoms with Gasteiger partial charge in [-0.15, -0.1) is 0 Å². The molecule has 0 aliphatic heterocycles. The van der Waals surface area contributed by atoms with Gasteiger partial charge in [-0.05, 0) is 89.8 Å². The fraction of sp³-hybridized carbons (Fsp3) is 0.464. The average Bonchev–Trinajstić information content (AvgIpc) is 2.77. The third-order valence-corrected chi connectivity index (χ3v) is 4.77. The van der Waals surface area contributed by atoms with Gasteiger partial charge in [0.25, 0.3) is 0 Å². The number of likely N-dealkylation sites (N-methyl/N-ethyl adjacent to an activating group) is 1. The van der Waals surface area contributed by atoms with E-state index in [4.69, 9.17) is 20.9 Å². The van der Waals surface area contributed by atoms with Crippen LogP contribution in [0.3, 0.4) is 0 Å². The number of amides is 3. The van der Waals surface area contributed by atoms with Crippen molar-refractivity contribution in [2.45, 2.75) is 65.6 Å². The quantitative estimate of drug-likeness (QED) is 0.398. The Morgan fingerprint density at radius 3 is 1.84 bits per heavy atom. The van der Waals surface area contributed by atoms with Crippen molar-refractivity contribution >= 4 is 30.0 Å². The minimum absolute atomic E-state index is 0.266. The van der Waals surface area contributed by atoms with Gasteiger partial charge in [0.05, 0.1) is 0 Å². The van der Waals surface area contributed by atoms with Gasteiger partial charge >= 0.3 is 12.2 Å². The predicted molar refractivity (Wildman–Crippen MR) is 147 cm³/mol. The number of anilines is 2. The first-order valence-corrected chi connectivity index (χ1v) is 12.2. The van der Waals surface area contributed by atoms with Crippen LogP contribution in [0.15, 0.2) is 48.5 Å². The fourth-order valence-corrected chi connectivity index (χ4v) is 2.92. The number of benzene rings is 2. The zero-order valence-electron chi connectivity index (χ0n) is 23.1. The highest BCUT2D eigenvalue weighted by Gasteiger charge is 2.21. The molecule has 0 fully saturated rings. The SMILES string of the molecule is CC(C)(C)OC(=O)N(C=O)CCc1cccc(N)c1.CN(CCc1ccc(N)cc1)C(=O)OC(C)(C)C. The maximum Gasteiger partial charge on any atom is 0.416 e. The number of hydrogen-bond acceptors (Lipinski definition) is 7. The number of nitrogen functional groups attached to an aromatic ring is 2. The Labute approximate surface area is 220 Å². The van der Waals surface area contributed by atoms with Crippen LogP contribution in [0.4, 0.5) is 21.0 Å². The molecule has 0 aromatic heterocycles. The summed E-state index contributed by atoms with van der Waals surface area (Å²) in [5.74, 6) is 0. The van der Waals surface area contributed by atoms with Crippen LogP contribution in [0.5, 0.6) is 0 Å². The molecule has 3 amide bonds. The van der Waals surface area contributed by atoms with E-state index in [1.807, 2.05) is 63.2 Å². The van der Waals surface area contributed by atoms with Crippen LogP contribution >= 0.6 is 0 Å². The predicted octanol–water partition coefficient (Wildman–Crippen LogP) is 4.88. The first kappa shape index (κ1) is 31.3. The summed E-state index contributed by atoms with van der Waals surface area (Å²) < 4.78 is 10.4. The van der Waals surface area contributed by atoms with E-state index in [2.05, 4.69) is 0 Å². The van der Waals surface area contributed by atoms with Gasteiger partial charge in [-0.2, -0.15) is 0 Å². The maximum absolute atomic E-state index is 11.7. The van der Waals surface area contributed by atoms with E-state index in [1.165, 1.54) is 0 Å². The van der Waals surface area contributed by atoms with Gasteiger partial charge in [0.15, 0.2) is 0 Å². The molecule has 0 aliphatic carbocycles. The molecule has 9 nitrogen and oxygen atoms in total. The maximum atomic E-state index is 11.7. The first-order valence-electron chi connectivity index (χ1n) is 12.2. The summed E-state index contributed by atoms with van der Waals surface area (Å²) in [4.78, 5) is 37.0. The summed E-state index contributed by atoms with van der Waals surface area (Å²) in [5, 5.41) is 0. The highest BCUT2D eigenvalue weighted by atomic mass is 16.6. The topological polar surface area (TPSA) is 128 Å². The molecule has 2 aromatic rings. The van der Waals surface area contributed by atoms with E-state index >= 15 is 0 Å². The van der Waals surface area contributed by atoms with E-state index in [1.54, 1.807) is 38.8 Å². The fourth-order valence-electron chi connectivity index (χ4n) is 2.92. The lowest BCUT2D eigenvalue weighted by atomic mass is 10.1. The van der Waals surface area contributed by atoms with Crippen molar-refractivity contribution in [3.8, 4) is 0 Å². The highest BCUT2D eigenvalue weighted by Crippen LogP contribution is 2.12. The molecule has 0 bridgehead atoms. The Hall–Kier alpha value is -3.75. The van der Waals surface area contributed by atoms with Crippen LogP contribution < -0.4 is 11.5 Å². The largest absolute Gasteiger partial charge is 0.444 e. The summed E-state index contributed by atoms with van der Waals surface area (Å²) in [5.41, 5.74) is 13.7. The molecule has 2 rings (SSSR count). The second kappa shape index (κ2) is 14.1. The molecule has 0 atom stereocenters. The van der Waals surface area contributed by atoms with Crippen LogP contribution in [0, 0.1) is 0 Å². The van der Waals surface area contributed by atoms with Gasteiger partial charge in [0.2, 0.25) is 6.41 Å². The van der Waals surface area contributed by atoms with Gasteiger partial charge in [0.1, 0.15) is 11.2 Å². The Morgan fingerprint density at radius 2 is 1.32 bits per heavy atom. The molecule has 0 saturated heterocycles. The van der Waals surface area contributed by atoms with Gasteiger partial charge < -0.3 is 25.8 Å². The number of rotatable bonds is 7. The van der Waals surface area contributed by atoms with Crippen molar-refractivity contribution in [1.29, 1.82) is 0 Å². The molecule has 0 heterocycles. The zero-order valence-corrected chi connectivity index (χ0v) is 23.1. The number of ether oxygens (including phenoxy) is 2. The van der Waals surface area contributed by atoms with Gasteiger partial charge in [-0.3, -0.25) is 4.79 Å². The van der Waals surface area contributed by atoms with E-state index < -0.39 is 17.3 Å². The minimum atomic E-state index is -0.633. The molecular formula is C28H42N4O5. The summed E-state index contributed by atoms with van der Waals surface area (Å²) in [6.07, 6.45) is 0.892. The Morgan fingerprint density at radius 1 is 0.784 bits per heavy atom. The van der Waals surface area contributed by atoms with E-state index in [9.17, 15) is 14.4 Å². The summed E-state index contributed by atoms with van der Waals surface area (Å²) in [6, 6.07) is 15.0. The molecule has 2 aromatic carbocycles. The van der Waals surface area contributed by atoms with Crippen LogP contribution in [-0.2, 0) is 27.1 Å². The molecule has 0 spiro atoms. The molecule has 204 valence electrons. The van der Waals surface area contributed by atoms with Gasteiger partial charge in [0, 0.05) is 31.5 Å². The Balaban J connectivity index is 0.000000371. The molecule has 0 radical (unpaired) electrons. The molecule has 0 aliphatic rings. The Bertz CT molecular complexity index is 1010. The second-order valence-corrected chi connectivity index (χ2v) is 10.7. The van der Waals surface area contributed by atoms with Crippen LogP contribution in [-0.4, -0.2) is 59.7 Å². The molecule has 9 heteroatoms. The number of hydrogen-bond donors (Lipinski definition) is 2. The van der Waals surface area contributed by atoms with E-state index in [0.717, 1.165) is 28.1 Å². The number of imide groups is 1. The second-order valence-electron chi connectivity index (χ2n) is 10.7. The van der Waals surface area contributed by atoms with Gasteiger partial charge in [-0.25, -0.2) is 14.5 Å². The lowest BCUT2D eigenvalue weighted by Crippen LogP contribution is -2.37. The zero-order chi connectivity index (χ0) is 28.2. The lowest BCUT2D eigenvalue weighted by molar-refractivity contribution is -0.117. The first-order chi connectivity index (χ1) is 17.1. The highest BCUT2D eigenvalue weighted by molar-refractivity contribution is 5.80. The van der Waals surface area contributed by atoms with Crippen LogP contribution in [0.2, 0.25) is 0 Å². The normalized spacial score (nSPS) is 11.0. The van der Waals surface area contributed by atoms with Crippen LogP contribution in [0.25, 0.3) is 0 Å². The summed E-state index contributed by atoms with van der Waals surface area (Å²) >= 11 is 0. The van der Waals surface area contributed by atoms with Crippen molar-refractivity contribution in [2.75, 3.05) is 31.6 Å². The minimum Gasteiger partial charge on any atom is -0.444 e. The summed E-state index contributed by atoms with van der Waals surface area (Å²) in [6.45, 7) is 11.7. The molecular weight excluding hydrogens is 472 g/mol. The molecule has 0 unspecified atom stereocenters. The van der Waals surface area contributed by atoms with E-state index in [-0.39, 0.29) is 12.6 Å².